The molecule has 0 bridgehead atoms. The van der Waals surface area contributed by atoms with Gasteiger partial charge in [-0.15, -0.1) is 11.3 Å². The molecular weight excluding hydrogens is 409 g/mol. The lowest BCUT2D eigenvalue weighted by Crippen LogP contribution is -2.29. The Balaban J connectivity index is 1.74. The molecule has 0 saturated heterocycles. The highest BCUT2D eigenvalue weighted by molar-refractivity contribution is 7.78. The maximum atomic E-state index is 14.4. The van der Waals surface area contributed by atoms with E-state index in [0.717, 1.165) is 16.3 Å². The highest BCUT2D eigenvalue weighted by atomic mass is 32.1. The number of carbonyl (C=O) groups is 1. The van der Waals surface area contributed by atoms with Crippen LogP contribution in [0.2, 0.25) is 0 Å². The van der Waals surface area contributed by atoms with E-state index >= 15 is 0 Å². The number of nitrogens with zero attached hydrogens (tertiary/aromatic N) is 1. The van der Waals surface area contributed by atoms with Crippen molar-refractivity contribution in [3.05, 3.63) is 113 Å². The average molecular weight is 431 g/mol. The van der Waals surface area contributed by atoms with Crippen LogP contribution in [0.1, 0.15) is 15.2 Å². The molecule has 0 unspecified atom stereocenters. The summed E-state index contributed by atoms with van der Waals surface area (Å²) in [5.74, 6) is -0.0123. The number of carbonyl (C=O) groups excluding carboxylic acids is 1. The third kappa shape index (κ3) is 4.02. The van der Waals surface area contributed by atoms with Crippen LogP contribution >= 0.6 is 18.5 Å². The van der Waals surface area contributed by atoms with Crippen molar-refractivity contribution >= 4 is 40.6 Å². The van der Waals surface area contributed by atoms with Crippen LogP contribution in [-0.4, -0.2) is 19.1 Å². The zero-order valence-corrected chi connectivity index (χ0v) is 18.4. The Morgan fingerprint density at radius 3 is 1.93 bits per heavy atom. The Hall–Kier alpha value is -2.94. The lowest BCUT2D eigenvalue weighted by Gasteiger charge is -2.28. The van der Waals surface area contributed by atoms with E-state index in [1.165, 1.54) is 11.3 Å². The second-order valence-electron chi connectivity index (χ2n) is 7.07. The smallest absolute Gasteiger partial charge is 0.205 e. The number of benzene rings is 3. The number of hydrogen-bond donors (Lipinski definition) is 0. The Labute approximate surface area is 181 Å². The van der Waals surface area contributed by atoms with Gasteiger partial charge in [0, 0.05) is 28.9 Å². The number of ketones is 1. The first-order valence-corrected chi connectivity index (χ1v) is 12.5. The van der Waals surface area contributed by atoms with Gasteiger partial charge < -0.3 is 9.46 Å². The lowest BCUT2D eigenvalue weighted by atomic mass is 10.1. The van der Waals surface area contributed by atoms with E-state index in [2.05, 4.69) is 0 Å². The number of anilines is 1. The van der Waals surface area contributed by atoms with E-state index < -0.39 is 7.14 Å². The molecule has 5 heteroatoms. The quantitative estimate of drug-likeness (QED) is 0.291. The van der Waals surface area contributed by atoms with Gasteiger partial charge in [-0.25, -0.2) is 0 Å². The molecule has 150 valence electrons. The maximum absolute atomic E-state index is 14.4. The van der Waals surface area contributed by atoms with Crippen molar-refractivity contribution in [2.24, 2.45) is 0 Å². The van der Waals surface area contributed by atoms with Crippen LogP contribution in [0, 0.1) is 0 Å². The SMILES string of the molecule is CN(CP(=O)(c1ccccc1)c1ccccc1)c1ccccc1C(=O)c1cccs1. The molecule has 0 N–H and O–H groups in total. The molecule has 0 saturated carbocycles. The van der Waals surface area contributed by atoms with Crippen molar-refractivity contribution in [2.45, 2.75) is 0 Å². The van der Waals surface area contributed by atoms with E-state index in [-0.39, 0.29) is 5.78 Å². The van der Waals surface area contributed by atoms with E-state index in [1.807, 2.05) is 114 Å². The normalized spacial score (nSPS) is 11.2. The zero-order valence-electron chi connectivity index (χ0n) is 16.6. The average Bonchev–Trinajstić information content (AvgIpc) is 3.35. The maximum Gasteiger partial charge on any atom is 0.205 e. The topological polar surface area (TPSA) is 37.4 Å². The molecule has 1 aromatic heterocycles. The Kier molecular flexibility index (Phi) is 5.98. The van der Waals surface area contributed by atoms with E-state index in [0.29, 0.717) is 16.7 Å². The van der Waals surface area contributed by atoms with Crippen molar-refractivity contribution in [3.63, 3.8) is 0 Å². The first-order valence-electron chi connectivity index (χ1n) is 9.68. The Morgan fingerprint density at radius 2 is 1.37 bits per heavy atom. The second kappa shape index (κ2) is 8.83. The van der Waals surface area contributed by atoms with Crippen LogP contribution in [0.4, 0.5) is 5.69 Å². The van der Waals surface area contributed by atoms with Gasteiger partial charge in [-0.3, -0.25) is 4.79 Å². The van der Waals surface area contributed by atoms with Crippen molar-refractivity contribution in [3.8, 4) is 0 Å². The summed E-state index contributed by atoms with van der Waals surface area (Å²) in [5, 5.41) is 3.52. The van der Waals surface area contributed by atoms with Crippen LogP contribution in [0.5, 0.6) is 0 Å². The Morgan fingerprint density at radius 1 is 0.800 bits per heavy atom. The van der Waals surface area contributed by atoms with Crippen LogP contribution < -0.4 is 15.5 Å². The zero-order chi connectivity index (χ0) is 21.0. The molecule has 0 amide bonds. The second-order valence-corrected chi connectivity index (χ2v) is 10.8. The molecule has 0 atom stereocenters. The Bertz CT molecular complexity index is 1130. The summed E-state index contributed by atoms with van der Waals surface area (Å²) in [6.07, 6.45) is 0.301. The van der Waals surface area contributed by atoms with E-state index in [9.17, 15) is 9.36 Å². The predicted molar refractivity (Wildman–Crippen MR) is 127 cm³/mol. The summed E-state index contributed by atoms with van der Waals surface area (Å²) in [4.78, 5) is 15.7. The van der Waals surface area contributed by atoms with Crippen molar-refractivity contribution < 1.29 is 9.36 Å². The van der Waals surface area contributed by atoms with Gasteiger partial charge in [0.05, 0.1) is 11.2 Å². The minimum atomic E-state index is -2.94. The molecule has 0 spiro atoms. The van der Waals surface area contributed by atoms with Gasteiger partial charge >= 0.3 is 0 Å². The lowest BCUT2D eigenvalue weighted by molar-refractivity contribution is 0.104. The summed E-state index contributed by atoms with van der Waals surface area (Å²) in [5.41, 5.74) is 1.40. The van der Waals surface area contributed by atoms with Crippen LogP contribution in [0.15, 0.2) is 102 Å². The summed E-state index contributed by atoms with van der Waals surface area (Å²) in [7, 11) is -1.04. The van der Waals surface area contributed by atoms with Gasteiger partial charge in [-0.1, -0.05) is 78.9 Å². The number of rotatable bonds is 7. The van der Waals surface area contributed by atoms with Gasteiger partial charge in [0.1, 0.15) is 0 Å². The molecule has 0 aliphatic carbocycles. The van der Waals surface area contributed by atoms with E-state index in [1.54, 1.807) is 0 Å². The molecule has 4 rings (SSSR count). The van der Waals surface area contributed by atoms with Gasteiger partial charge in [-0.2, -0.15) is 0 Å². The number of para-hydroxylation sites is 1. The third-order valence-corrected chi connectivity index (χ3v) is 9.02. The number of thiophene rings is 1. The van der Waals surface area contributed by atoms with Gasteiger partial charge in [-0.05, 0) is 23.6 Å². The summed E-state index contributed by atoms with van der Waals surface area (Å²) < 4.78 is 14.4. The monoisotopic (exact) mass is 431 g/mol. The van der Waals surface area contributed by atoms with Gasteiger partial charge in [0.15, 0.2) is 7.14 Å². The largest absolute Gasteiger partial charge is 0.366 e. The van der Waals surface area contributed by atoms with Gasteiger partial charge in [0.2, 0.25) is 5.78 Å². The molecule has 0 radical (unpaired) electrons. The van der Waals surface area contributed by atoms with Crippen molar-refractivity contribution in [1.29, 1.82) is 0 Å². The molecule has 1 heterocycles. The highest BCUT2D eigenvalue weighted by Gasteiger charge is 2.30. The van der Waals surface area contributed by atoms with Crippen LogP contribution in [0.25, 0.3) is 0 Å². The van der Waals surface area contributed by atoms with Crippen molar-refractivity contribution in [1.82, 2.24) is 0 Å². The molecule has 3 aromatic carbocycles. The molecule has 0 aliphatic heterocycles. The molecule has 3 nitrogen and oxygen atoms in total. The predicted octanol–water partition coefficient (Wildman–Crippen LogP) is 5.39. The fourth-order valence-electron chi connectivity index (χ4n) is 3.56. The summed E-state index contributed by atoms with van der Waals surface area (Å²) in [6.45, 7) is 0. The minimum Gasteiger partial charge on any atom is -0.366 e. The van der Waals surface area contributed by atoms with Crippen molar-refractivity contribution in [2.75, 3.05) is 18.2 Å². The fourth-order valence-corrected chi connectivity index (χ4v) is 6.92. The molecular formula is C25H22NO2PS. The highest BCUT2D eigenvalue weighted by Crippen LogP contribution is 2.44. The summed E-state index contributed by atoms with van der Waals surface area (Å²) in [6, 6.07) is 30.4. The van der Waals surface area contributed by atoms with E-state index in [4.69, 9.17) is 0 Å². The van der Waals surface area contributed by atoms with Crippen LogP contribution in [0.3, 0.4) is 0 Å². The first kappa shape index (κ1) is 20.3. The molecule has 0 aliphatic rings. The fraction of sp³-hybridized carbons (Fsp3) is 0.0800. The number of hydrogen-bond acceptors (Lipinski definition) is 4. The molecule has 30 heavy (non-hydrogen) atoms. The minimum absolute atomic E-state index is 0.0123. The van der Waals surface area contributed by atoms with Crippen LogP contribution in [-0.2, 0) is 4.57 Å². The third-order valence-electron chi connectivity index (χ3n) is 5.06. The first-order chi connectivity index (χ1) is 14.6. The molecule has 0 fully saturated rings. The van der Waals surface area contributed by atoms with Gasteiger partial charge in [0.25, 0.3) is 0 Å². The summed E-state index contributed by atoms with van der Waals surface area (Å²) >= 11 is 1.43. The molecule has 4 aromatic rings. The standard InChI is InChI=1S/C25H22NO2PS/c1-26(23-16-9-8-15-22(23)25(27)24-17-10-18-30-24)19-29(28,20-11-4-2-5-12-20)21-13-6-3-7-14-21/h2-18H,19H2,1H3.